The molecule has 0 spiro atoms. The van der Waals surface area contributed by atoms with E-state index in [1.54, 1.807) is 0 Å². The Labute approximate surface area is 100 Å². The number of carboxylic acids is 1. The van der Waals surface area contributed by atoms with Gasteiger partial charge in [-0.2, -0.15) is 12.7 Å². The molecule has 2 heterocycles. The average molecular weight is 264 g/mol. The van der Waals surface area contributed by atoms with Gasteiger partial charge in [-0.25, -0.2) is 0 Å². The molecule has 7 nitrogen and oxygen atoms in total. The van der Waals surface area contributed by atoms with Gasteiger partial charge in [0.2, 0.25) is 0 Å². The highest BCUT2D eigenvalue weighted by Gasteiger charge is 2.41. The highest BCUT2D eigenvalue weighted by Crippen LogP contribution is 2.24. The number of hydrogen-bond donors (Lipinski definition) is 1. The summed E-state index contributed by atoms with van der Waals surface area (Å²) < 4.78 is 26.3. The number of rotatable bonds is 3. The van der Waals surface area contributed by atoms with Gasteiger partial charge in [0, 0.05) is 13.1 Å². The average Bonchev–Trinajstić information content (AvgIpc) is 2.83. The summed E-state index contributed by atoms with van der Waals surface area (Å²) in [5.74, 6) is -1.09. The minimum atomic E-state index is -3.79. The largest absolute Gasteiger partial charge is 0.480 e. The molecule has 1 unspecified atom stereocenters. The second kappa shape index (κ2) is 4.89. The lowest BCUT2D eigenvalue weighted by atomic mass is 10.1. The van der Waals surface area contributed by atoms with Gasteiger partial charge < -0.3 is 5.11 Å². The van der Waals surface area contributed by atoms with E-state index in [4.69, 9.17) is 9.94 Å². The van der Waals surface area contributed by atoms with E-state index in [1.165, 1.54) is 0 Å². The van der Waals surface area contributed by atoms with Crippen LogP contribution in [0.1, 0.15) is 25.7 Å². The molecule has 0 aromatic carbocycles. The Morgan fingerprint density at radius 2 is 2.00 bits per heavy atom. The summed E-state index contributed by atoms with van der Waals surface area (Å²) in [6, 6.07) is -0.960. The fourth-order valence-corrected chi connectivity index (χ4v) is 3.83. The summed E-state index contributed by atoms with van der Waals surface area (Å²) in [6.45, 7) is 0.912. The Morgan fingerprint density at radius 1 is 1.24 bits per heavy atom. The van der Waals surface area contributed by atoms with Crippen molar-refractivity contribution in [1.29, 1.82) is 0 Å². The Morgan fingerprint density at radius 3 is 2.59 bits per heavy atom. The van der Waals surface area contributed by atoms with Crippen LogP contribution in [0.5, 0.6) is 0 Å². The zero-order valence-corrected chi connectivity index (χ0v) is 10.2. The third-order valence-corrected chi connectivity index (χ3v) is 4.85. The molecule has 2 aliphatic rings. The highest BCUT2D eigenvalue weighted by atomic mass is 32.2. The van der Waals surface area contributed by atoms with Crippen molar-refractivity contribution in [3.63, 3.8) is 0 Å². The van der Waals surface area contributed by atoms with Gasteiger partial charge in [-0.3, -0.25) is 9.63 Å². The normalized spacial score (nSPS) is 28.4. The molecule has 0 amide bonds. The van der Waals surface area contributed by atoms with Crippen LogP contribution in [0.4, 0.5) is 0 Å². The molecule has 0 aliphatic carbocycles. The van der Waals surface area contributed by atoms with Gasteiger partial charge in [0.15, 0.2) is 0 Å². The third kappa shape index (κ3) is 2.44. The van der Waals surface area contributed by atoms with E-state index in [0.717, 1.165) is 15.2 Å². The van der Waals surface area contributed by atoms with E-state index in [-0.39, 0.29) is 6.54 Å². The van der Waals surface area contributed by atoms with E-state index in [0.29, 0.717) is 32.4 Å². The van der Waals surface area contributed by atoms with Crippen molar-refractivity contribution in [2.75, 3.05) is 19.7 Å². The predicted octanol–water partition coefficient (Wildman–Crippen LogP) is -0.192. The molecular weight excluding hydrogens is 248 g/mol. The summed E-state index contributed by atoms with van der Waals surface area (Å²) in [4.78, 5) is 16.1. The van der Waals surface area contributed by atoms with Crippen LogP contribution in [-0.2, 0) is 19.8 Å². The quantitative estimate of drug-likeness (QED) is 0.763. The maximum Gasteiger partial charge on any atom is 0.322 e. The second-order valence-electron chi connectivity index (χ2n) is 4.18. The Kier molecular flexibility index (Phi) is 3.67. The first-order valence-electron chi connectivity index (χ1n) is 5.69. The fourth-order valence-electron chi connectivity index (χ4n) is 2.15. The van der Waals surface area contributed by atoms with Crippen LogP contribution >= 0.6 is 0 Å². The smallest absolute Gasteiger partial charge is 0.322 e. The molecule has 0 aromatic rings. The topological polar surface area (TPSA) is 87.2 Å². The number of piperidine rings is 1. The number of aliphatic carboxylic acids is 1. The zero-order chi connectivity index (χ0) is 12.5. The van der Waals surface area contributed by atoms with Gasteiger partial charge in [0.1, 0.15) is 6.04 Å². The Bertz CT molecular complexity index is 390. The summed E-state index contributed by atoms with van der Waals surface area (Å²) in [7, 11) is -3.79. The van der Waals surface area contributed by atoms with Crippen molar-refractivity contribution >= 4 is 16.2 Å². The van der Waals surface area contributed by atoms with Crippen molar-refractivity contribution in [3.05, 3.63) is 0 Å². The van der Waals surface area contributed by atoms with E-state index in [2.05, 4.69) is 0 Å². The molecule has 2 saturated heterocycles. The van der Waals surface area contributed by atoms with Crippen LogP contribution in [-0.4, -0.2) is 54.0 Å². The minimum Gasteiger partial charge on any atom is -0.480 e. The van der Waals surface area contributed by atoms with Gasteiger partial charge in [0.05, 0.1) is 6.61 Å². The standard InChI is InChI=1S/C9H16N2O5S/c12-9(13)8-4-1-2-5-10(8)17(14,15)11-6-3-7-16-11/h8H,1-7H2,(H,12,13). The second-order valence-corrected chi connectivity index (χ2v) is 5.95. The van der Waals surface area contributed by atoms with E-state index in [9.17, 15) is 13.2 Å². The van der Waals surface area contributed by atoms with Crippen molar-refractivity contribution < 1.29 is 23.2 Å². The lowest BCUT2D eigenvalue weighted by Gasteiger charge is -2.33. The Hall–Kier alpha value is -0.700. The zero-order valence-electron chi connectivity index (χ0n) is 9.41. The van der Waals surface area contributed by atoms with E-state index < -0.39 is 22.2 Å². The number of carbonyl (C=O) groups is 1. The first-order valence-corrected chi connectivity index (χ1v) is 7.08. The number of nitrogens with zero attached hydrogens (tertiary/aromatic N) is 2. The number of hydrogen-bond acceptors (Lipinski definition) is 4. The molecule has 0 bridgehead atoms. The highest BCUT2D eigenvalue weighted by molar-refractivity contribution is 7.86. The maximum atomic E-state index is 12.2. The third-order valence-electron chi connectivity index (χ3n) is 3.01. The first-order chi connectivity index (χ1) is 8.03. The monoisotopic (exact) mass is 264 g/mol. The van der Waals surface area contributed by atoms with E-state index >= 15 is 0 Å². The van der Waals surface area contributed by atoms with E-state index in [1.807, 2.05) is 0 Å². The van der Waals surface area contributed by atoms with Gasteiger partial charge >= 0.3 is 16.2 Å². The van der Waals surface area contributed by atoms with Crippen molar-refractivity contribution in [1.82, 2.24) is 8.77 Å². The maximum absolute atomic E-state index is 12.2. The molecule has 1 N–H and O–H groups in total. The predicted molar refractivity (Wildman–Crippen MR) is 58.2 cm³/mol. The summed E-state index contributed by atoms with van der Waals surface area (Å²) in [6.07, 6.45) is 2.44. The molecule has 0 saturated carbocycles. The molecule has 8 heteroatoms. The lowest BCUT2D eigenvalue weighted by molar-refractivity contribution is -0.142. The van der Waals surface area contributed by atoms with Crippen LogP contribution < -0.4 is 0 Å². The van der Waals surface area contributed by atoms with Gasteiger partial charge in [-0.15, -0.1) is 0 Å². The molecule has 17 heavy (non-hydrogen) atoms. The molecule has 2 aliphatic heterocycles. The molecule has 2 rings (SSSR count). The molecule has 0 radical (unpaired) electrons. The van der Waals surface area contributed by atoms with Crippen LogP contribution in [0.25, 0.3) is 0 Å². The summed E-state index contributed by atoms with van der Waals surface area (Å²) in [5, 5.41) is 9.05. The first kappa shape index (κ1) is 12.7. The van der Waals surface area contributed by atoms with Crippen LogP contribution in [0.15, 0.2) is 0 Å². The molecule has 1 atom stereocenters. The Balaban J connectivity index is 2.20. The SMILES string of the molecule is O=C(O)C1CCCCN1S(=O)(=O)N1CCCO1. The summed E-state index contributed by atoms with van der Waals surface area (Å²) in [5.41, 5.74) is 0. The van der Waals surface area contributed by atoms with Crippen LogP contribution in [0, 0.1) is 0 Å². The van der Waals surface area contributed by atoms with Crippen LogP contribution in [0.2, 0.25) is 0 Å². The number of carboxylic acid groups (broad SMARTS) is 1. The van der Waals surface area contributed by atoms with Crippen molar-refractivity contribution in [2.24, 2.45) is 0 Å². The summed E-state index contributed by atoms with van der Waals surface area (Å²) >= 11 is 0. The fraction of sp³-hybridized carbons (Fsp3) is 0.889. The van der Waals surface area contributed by atoms with Crippen molar-refractivity contribution in [3.8, 4) is 0 Å². The van der Waals surface area contributed by atoms with Crippen molar-refractivity contribution in [2.45, 2.75) is 31.7 Å². The van der Waals surface area contributed by atoms with Gasteiger partial charge in [-0.05, 0) is 25.7 Å². The molecule has 2 fully saturated rings. The van der Waals surface area contributed by atoms with Gasteiger partial charge in [-0.1, -0.05) is 4.47 Å². The van der Waals surface area contributed by atoms with Gasteiger partial charge in [0.25, 0.3) is 0 Å². The molecule has 0 aromatic heterocycles. The number of hydroxylamine groups is 1. The molecule has 98 valence electrons. The van der Waals surface area contributed by atoms with Crippen LogP contribution in [0.3, 0.4) is 0 Å². The minimum absolute atomic E-state index is 0.249. The molecular formula is C9H16N2O5S. The lowest BCUT2D eigenvalue weighted by Crippen LogP contribution is -2.52.